The second kappa shape index (κ2) is 24.9. The largest absolute Gasteiger partial charge is 0.460 e. The molecular weight excluding hydrogens is 989 g/mol. The van der Waals surface area contributed by atoms with Crippen molar-refractivity contribution >= 4 is 29.2 Å². The lowest BCUT2D eigenvalue weighted by Gasteiger charge is -2.45. The van der Waals surface area contributed by atoms with Crippen LogP contribution in [0.5, 0.6) is 0 Å². The molecule has 3 N–H and O–H groups in total. The van der Waals surface area contributed by atoms with Crippen molar-refractivity contribution in [3.63, 3.8) is 0 Å². The van der Waals surface area contributed by atoms with Gasteiger partial charge in [0, 0.05) is 51.4 Å². The van der Waals surface area contributed by atoms with Crippen LogP contribution in [-0.4, -0.2) is 133 Å². The molecule has 77 heavy (non-hydrogen) atoms. The number of aliphatic hydroxyl groups excluding tert-OH is 2. The number of methoxy groups -OCH3 is 2. The Labute approximate surface area is 452 Å². The monoisotopic (exact) mass is 1070 g/mol. The molecule has 0 spiro atoms. The second-order valence-electron chi connectivity index (χ2n) is 23.5. The van der Waals surface area contributed by atoms with Gasteiger partial charge in [-0.05, 0) is 119 Å². The van der Waals surface area contributed by atoms with Gasteiger partial charge in [0.25, 0.3) is 11.7 Å². The van der Waals surface area contributed by atoms with E-state index in [0.717, 1.165) is 22.3 Å². The highest BCUT2D eigenvalue weighted by Gasteiger charge is 2.54. The zero-order valence-corrected chi connectivity index (χ0v) is 46.7. The third-order valence-corrected chi connectivity index (χ3v) is 17.7. The summed E-state index contributed by atoms with van der Waals surface area (Å²) in [6.07, 6.45) is 7.75. The van der Waals surface area contributed by atoms with Crippen LogP contribution in [0.2, 0.25) is 0 Å². The summed E-state index contributed by atoms with van der Waals surface area (Å²) < 4.78 is 28.3. The van der Waals surface area contributed by atoms with Crippen molar-refractivity contribution in [2.24, 2.45) is 41.4 Å². The van der Waals surface area contributed by atoms with Crippen LogP contribution in [0.3, 0.4) is 0 Å². The van der Waals surface area contributed by atoms with E-state index < -0.39 is 107 Å². The first-order valence-electron chi connectivity index (χ1n) is 28.0. The van der Waals surface area contributed by atoms with E-state index in [1.54, 1.807) is 89.3 Å². The molecule has 6 heterocycles. The Hall–Kier alpha value is -5.11. The number of fused-ring (bicyclic) bond motifs is 15. The van der Waals surface area contributed by atoms with E-state index in [4.69, 9.17) is 18.9 Å². The molecular formula is C59H84N4O14. The summed E-state index contributed by atoms with van der Waals surface area (Å²) in [5.41, 5.74) is -1.94. The fraction of sp³-hybridized carbons (Fsp3) is 0.678. The molecule has 3 fully saturated rings. The van der Waals surface area contributed by atoms with E-state index in [2.05, 4.69) is 0 Å². The second-order valence-corrected chi connectivity index (χ2v) is 23.5. The molecule has 2 aromatic rings. The van der Waals surface area contributed by atoms with Crippen molar-refractivity contribution in [3.8, 4) is 5.69 Å². The zero-order valence-electron chi connectivity index (χ0n) is 46.7. The van der Waals surface area contributed by atoms with Crippen molar-refractivity contribution in [2.75, 3.05) is 20.8 Å². The number of hydrogen-bond acceptors (Lipinski definition) is 14. The third-order valence-electron chi connectivity index (χ3n) is 17.7. The standard InChI is InChI=1S/C59H84N4O14/c1-34-19-22-43-25-26-58(8,63-57(72)61(56(71)62(43)63)42-16-12-11-13-17-42)49(74-9)32-44-23-20-40(7)59(73,77-44)53(68)54(69)60-27-15-14-18-45(60)55(70)76-48(37(4)31-41-21-24-46(64)36(3)30-41)33-47(65)35(2)29-39(6)51(67)52(75-10)50(66)38(5)28-34/h11-13,16-17,19,22,25-26,29,34-38,40-41,43-46,48-49,51-52,64,67,73H,14-15,18,20-21,23-24,27-28,30-33H2,1-10H3/b22-19+,39-29+/t34-,35-,36-,37-,38-,40-,41-,43?,44+,45+,46-,48+,49+,51-,52+,58?,59-/m1/s1. The summed E-state index contributed by atoms with van der Waals surface area (Å²) in [6.45, 7) is 14.3. The number of carbonyl (C=O) groups excluding carboxylic acids is 5. The molecule has 1 aliphatic carbocycles. The van der Waals surface area contributed by atoms with Crippen LogP contribution in [0, 0.1) is 41.4 Å². The lowest BCUT2D eigenvalue weighted by atomic mass is 9.75. The number of Topliss-reactive ketones (excluding diaryl/α,β-unsaturated/α-hetero) is 3. The molecule has 5 aliphatic heterocycles. The number of ketones is 3. The van der Waals surface area contributed by atoms with E-state index in [0.29, 0.717) is 49.8 Å². The number of aromatic nitrogens is 3. The summed E-state index contributed by atoms with van der Waals surface area (Å²) in [5.74, 6) is -8.91. The Bertz CT molecular complexity index is 2670. The van der Waals surface area contributed by atoms with Crippen LogP contribution < -0.4 is 11.4 Å². The van der Waals surface area contributed by atoms with Gasteiger partial charge in [-0.2, -0.15) is 0 Å². The number of para-hydroxylation sites is 1. The molecule has 6 aliphatic rings. The quantitative estimate of drug-likeness (QED) is 0.173. The molecule has 17 atom stereocenters. The number of hydrogen-bond donors (Lipinski definition) is 3. The molecule has 0 radical (unpaired) electrons. The summed E-state index contributed by atoms with van der Waals surface area (Å²) in [7, 11) is 2.80. The molecule has 424 valence electrons. The Morgan fingerprint density at radius 3 is 2.22 bits per heavy atom. The maximum Gasteiger partial charge on any atom is 0.352 e. The predicted molar refractivity (Wildman–Crippen MR) is 287 cm³/mol. The average molecular weight is 1070 g/mol. The summed E-state index contributed by atoms with van der Waals surface area (Å²) in [6, 6.07) is 6.55. The number of esters is 1. The number of allylic oxidation sites excluding steroid dienone is 4. The molecule has 2 saturated heterocycles. The van der Waals surface area contributed by atoms with Crippen LogP contribution >= 0.6 is 0 Å². The van der Waals surface area contributed by atoms with Gasteiger partial charge in [0.1, 0.15) is 35.7 Å². The number of rotatable bonds is 6. The van der Waals surface area contributed by atoms with E-state index in [1.165, 1.54) is 23.6 Å². The molecule has 2 unspecified atom stereocenters. The first-order valence-corrected chi connectivity index (χ1v) is 28.0. The minimum atomic E-state index is -2.61. The molecule has 18 heteroatoms. The number of ether oxygens (including phenoxy) is 4. The van der Waals surface area contributed by atoms with Crippen LogP contribution in [0.1, 0.15) is 138 Å². The Balaban J connectivity index is 1.27. The Kier molecular flexibility index (Phi) is 19.3. The first kappa shape index (κ1) is 59.5. The van der Waals surface area contributed by atoms with Crippen LogP contribution in [0.25, 0.3) is 5.69 Å². The molecule has 8 rings (SSSR count). The van der Waals surface area contributed by atoms with Gasteiger partial charge in [0.15, 0.2) is 5.78 Å². The highest BCUT2D eigenvalue weighted by atomic mass is 16.6. The molecule has 4 bridgehead atoms. The topological polar surface area (TPSA) is 235 Å². The van der Waals surface area contributed by atoms with Crippen LogP contribution in [-0.2, 0) is 48.5 Å². The molecule has 1 aromatic heterocycles. The SMILES string of the molecule is CO[C@H]1C[C@@H]2CC[C@@H](C)[C@@](O)(O2)C(=O)C(=O)N2CCCC[C@H]2C(=O)O[C@H]([C@H](C)C[C@@H]2CC[C@@H](O)[C@H](C)C2)CC(=O)[C@H](C)/C=C(\C)[C@@H](O)[C@@H](OC)C(=O)[C@H](C)C[C@H](C)/C=C/C2C=CC1(C)n1c(=O)n(-c3ccccc3)c(=O)n12. The zero-order chi connectivity index (χ0) is 56.3. The van der Waals surface area contributed by atoms with Crippen molar-refractivity contribution in [1.29, 1.82) is 0 Å². The lowest BCUT2D eigenvalue weighted by molar-refractivity contribution is -0.267. The Morgan fingerprint density at radius 1 is 0.831 bits per heavy atom. The van der Waals surface area contributed by atoms with Gasteiger partial charge >= 0.3 is 17.3 Å². The summed E-state index contributed by atoms with van der Waals surface area (Å²) >= 11 is 0. The lowest BCUT2D eigenvalue weighted by Crippen LogP contribution is -2.61. The van der Waals surface area contributed by atoms with Gasteiger partial charge in [-0.3, -0.25) is 19.2 Å². The molecule has 1 aromatic carbocycles. The summed E-state index contributed by atoms with van der Waals surface area (Å²) in [5, 5.41) is 34.5. The number of amides is 1. The molecule has 18 nitrogen and oxygen atoms in total. The van der Waals surface area contributed by atoms with Gasteiger partial charge in [-0.1, -0.05) is 90.1 Å². The summed E-state index contributed by atoms with van der Waals surface area (Å²) in [4.78, 5) is 103. The number of nitrogens with zero attached hydrogens (tertiary/aromatic N) is 4. The van der Waals surface area contributed by atoms with Crippen molar-refractivity contribution in [1.82, 2.24) is 18.8 Å². The maximum absolute atomic E-state index is 14.8. The maximum atomic E-state index is 14.8. The fourth-order valence-electron chi connectivity index (χ4n) is 12.7. The predicted octanol–water partition coefficient (Wildman–Crippen LogP) is 5.94. The van der Waals surface area contributed by atoms with E-state index >= 15 is 0 Å². The van der Waals surface area contributed by atoms with Gasteiger partial charge in [0.05, 0.1) is 30.0 Å². The van der Waals surface area contributed by atoms with E-state index in [-0.39, 0.29) is 67.5 Å². The van der Waals surface area contributed by atoms with Crippen LogP contribution in [0.4, 0.5) is 0 Å². The van der Waals surface area contributed by atoms with E-state index in [1.807, 2.05) is 26.8 Å². The van der Waals surface area contributed by atoms with Crippen molar-refractivity contribution in [3.05, 3.63) is 87.3 Å². The number of piperidine rings is 1. The third kappa shape index (κ3) is 12.5. The minimum Gasteiger partial charge on any atom is -0.460 e. The highest BCUT2D eigenvalue weighted by Crippen LogP contribution is 2.40. The molecule has 1 saturated carbocycles. The molecule has 1 amide bonds. The van der Waals surface area contributed by atoms with E-state index in [9.17, 15) is 48.9 Å². The van der Waals surface area contributed by atoms with Gasteiger partial charge in [-0.25, -0.2) is 28.3 Å². The number of carbonyl (C=O) groups is 5. The van der Waals surface area contributed by atoms with Gasteiger partial charge in [-0.15, -0.1) is 0 Å². The minimum absolute atomic E-state index is 0.0105. The Morgan fingerprint density at radius 2 is 1.55 bits per heavy atom. The number of benzene rings is 1. The van der Waals surface area contributed by atoms with Gasteiger partial charge < -0.3 is 39.2 Å². The van der Waals surface area contributed by atoms with Crippen molar-refractivity contribution in [2.45, 2.75) is 192 Å². The average Bonchev–Trinajstić information content (AvgIpc) is 3.72. The number of aliphatic hydroxyl groups is 3. The van der Waals surface area contributed by atoms with Crippen LogP contribution in [0.15, 0.2) is 75.9 Å². The fourth-order valence-corrected chi connectivity index (χ4v) is 12.7. The smallest absolute Gasteiger partial charge is 0.352 e. The normalized spacial score (nSPS) is 38.1. The first-order chi connectivity index (χ1) is 36.4. The van der Waals surface area contributed by atoms with Crippen molar-refractivity contribution < 1.29 is 58.2 Å². The van der Waals surface area contributed by atoms with Gasteiger partial charge in [0.2, 0.25) is 5.79 Å². The highest BCUT2D eigenvalue weighted by molar-refractivity contribution is 6.39.